The zero-order valence-electron chi connectivity index (χ0n) is 15.4. The van der Waals surface area contributed by atoms with Crippen LogP contribution in [0, 0.1) is 6.92 Å². The predicted molar refractivity (Wildman–Crippen MR) is 92.6 cm³/mol. The third-order valence-electron chi connectivity index (χ3n) is 4.50. The molecular weight excluding hydrogens is 383 g/mol. The second-order valence-electron chi connectivity index (χ2n) is 6.28. The monoisotopic (exact) mass is 407 g/mol. The van der Waals surface area contributed by atoms with Gasteiger partial charge in [0.25, 0.3) is 5.56 Å². The van der Waals surface area contributed by atoms with Gasteiger partial charge in [-0.15, -0.1) is 9.42 Å². The highest BCUT2D eigenvalue weighted by atomic mass is 31.1. The fraction of sp³-hybridized carbons (Fsp3) is 0.733. The molecule has 2 rings (SSSR count). The zero-order chi connectivity index (χ0) is 20.3. The molecule has 12 heteroatoms. The van der Waals surface area contributed by atoms with E-state index in [2.05, 4.69) is 4.98 Å². The summed E-state index contributed by atoms with van der Waals surface area (Å²) in [7, 11) is -1.52. The van der Waals surface area contributed by atoms with Crippen molar-refractivity contribution < 1.29 is 33.3 Å². The highest BCUT2D eigenvalue weighted by Gasteiger charge is 2.52. The number of aromatic amines is 1. The average Bonchev–Trinajstić information content (AvgIpc) is 2.94. The topological polar surface area (TPSA) is 149 Å². The Hall–Kier alpha value is -1.46. The molecule has 0 spiro atoms. The molecule has 152 valence electrons. The molecule has 0 amide bonds. The van der Waals surface area contributed by atoms with Gasteiger partial charge in [0, 0.05) is 23.4 Å². The van der Waals surface area contributed by atoms with Gasteiger partial charge in [-0.1, -0.05) is 0 Å². The maximum atomic E-state index is 12.3. The van der Waals surface area contributed by atoms with Crippen molar-refractivity contribution in [3.63, 3.8) is 0 Å². The maximum absolute atomic E-state index is 12.3. The van der Waals surface area contributed by atoms with E-state index in [1.165, 1.54) is 20.2 Å². The summed E-state index contributed by atoms with van der Waals surface area (Å²) in [6.45, 7) is 4.46. The number of ether oxygens (including phenoxy) is 3. The first-order chi connectivity index (χ1) is 12.7. The lowest BCUT2D eigenvalue weighted by Crippen LogP contribution is -2.43. The summed E-state index contributed by atoms with van der Waals surface area (Å²) >= 11 is 0. The van der Waals surface area contributed by atoms with Crippen LogP contribution < -0.4 is 11.2 Å². The van der Waals surface area contributed by atoms with Crippen molar-refractivity contribution in [3.8, 4) is 0 Å². The number of nitrogens with zero attached hydrogens (tertiary/aromatic N) is 1. The van der Waals surface area contributed by atoms with E-state index in [0.29, 0.717) is 0 Å². The van der Waals surface area contributed by atoms with E-state index in [1.54, 1.807) is 13.8 Å². The normalized spacial score (nSPS) is 28.1. The first-order valence-corrected chi connectivity index (χ1v) is 9.42. The van der Waals surface area contributed by atoms with Crippen LogP contribution in [0.15, 0.2) is 15.8 Å². The molecule has 27 heavy (non-hydrogen) atoms. The molecule has 1 aliphatic heterocycles. The van der Waals surface area contributed by atoms with Crippen molar-refractivity contribution in [2.75, 3.05) is 13.7 Å². The Balaban J connectivity index is 2.46. The number of hydrogen-bond donors (Lipinski definition) is 3. The Labute approximate surface area is 155 Å². The van der Waals surface area contributed by atoms with E-state index in [0.717, 1.165) is 4.57 Å². The van der Waals surface area contributed by atoms with Crippen LogP contribution in [0.2, 0.25) is 0 Å². The fourth-order valence-electron chi connectivity index (χ4n) is 2.78. The first kappa shape index (κ1) is 21.8. The Kier molecular flexibility index (Phi) is 7.40. The zero-order valence-corrected chi connectivity index (χ0v) is 16.3. The minimum Gasteiger partial charge on any atom is -0.394 e. The van der Waals surface area contributed by atoms with E-state index >= 15 is 0 Å². The number of aliphatic hydroxyl groups is 1. The van der Waals surface area contributed by atoms with Crippen LogP contribution in [-0.4, -0.2) is 63.8 Å². The molecule has 1 aromatic rings. The van der Waals surface area contributed by atoms with Crippen LogP contribution in [0.3, 0.4) is 0 Å². The third kappa shape index (κ3) is 4.88. The number of rotatable bonds is 8. The number of aromatic nitrogens is 2. The van der Waals surface area contributed by atoms with Crippen molar-refractivity contribution in [1.29, 1.82) is 0 Å². The molecular formula is C15H24N2O9P+. The lowest BCUT2D eigenvalue weighted by atomic mass is 10.1. The summed E-state index contributed by atoms with van der Waals surface area (Å²) in [4.78, 5) is 35.2. The number of aryl methyl sites for hydroxylation is 1. The molecule has 2 heterocycles. The van der Waals surface area contributed by atoms with Crippen molar-refractivity contribution in [1.82, 2.24) is 9.55 Å². The molecule has 1 aliphatic rings. The van der Waals surface area contributed by atoms with Gasteiger partial charge in [-0.2, -0.15) is 0 Å². The number of methoxy groups -OCH3 is 1. The number of H-pyrrole nitrogens is 1. The van der Waals surface area contributed by atoms with Crippen LogP contribution in [-0.2, 0) is 23.3 Å². The molecule has 1 saturated heterocycles. The summed E-state index contributed by atoms with van der Waals surface area (Å²) in [5, 5.41) is 9.58. The molecule has 0 radical (unpaired) electrons. The fourth-order valence-corrected chi connectivity index (χ4v) is 3.24. The van der Waals surface area contributed by atoms with Crippen LogP contribution in [0.1, 0.15) is 25.6 Å². The molecule has 0 bridgehead atoms. The largest absolute Gasteiger partial charge is 0.695 e. The van der Waals surface area contributed by atoms with Crippen molar-refractivity contribution in [2.24, 2.45) is 0 Å². The van der Waals surface area contributed by atoms with E-state index in [9.17, 15) is 24.2 Å². The molecule has 11 nitrogen and oxygen atoms in total. The summed E-state index contributed by atoms with van der Waals surface area (Å²) in [5.74, 6) is 0. The Morgan fingerprint density at radius 1 is 1.33 bits per heavy atom. The number of aliphatic hydroxyl groups excluding tert-OH is 1. The Morgan fingerprint density at radius 3 is 2.56 bits per heavy atom. The molecule has 0 aromatic carbocycles. The van der Waals surface area contributed by atoms with Crippen molar-refractivity contribution in [2.45, 2.75) is 57.5 Å². The van der Waals surface area contributed by atoms with Gasteiger partial charge in [-0.3, -0.25) is 14.3 Å². The van der Waals surface area contributed by atoms with Gasteiger partial charge in [-0.25, -0.2) is 4.79 Å². The second-order valence-corrected chi connectivity index (χ2v) is 6.97. The van der Waals surface area contributed by atoms with Gasteiger partial charge in [0.1, 0.15) is 12.2 Å². The lowest BCUT2D eigenvalue weighted by molar-refractivity contribution is -0.127. The van der Waals surface area contributed by atoms with Gasteiger partial charge in [-0.05, 0) is 20.8 Å². The summed E-state index contributed by atoms with van der Waals surface area (Å²) < 4.78 is 34.2. The SMILES string of the molecule is CO[C@@H](C)[C@H](C)OC1[C@@H](O[P+](=O)O)[C@@H](CO)O[C@H]1n1cc(C)c(=O)[nH]c1=O. The highest BCUT2D eigenvalue weighted by molar-refractivity contribution is 7.32. The van der Waals surface area contributed by atoms with E-state index in [4.69, 9.17) is 18.7 Å². The summed E-state index contributed by atoms with van der Waals surface area (Å²) in [6.07, 6.45) is -3.81. The summed E-state index contributed by atoms with van der Waals surface area (Å²) in [5.41, 5.74) is -1.03. The molecule has 0 saturated carbocycles. The van der Waals surface area contributed by atoms with Crippen molar-refractivity contribution >= 4 is 8.25 Å². The number of nitrogens with one attached hydrogen (secondary N) is 1. The van der Waals surface area contributed by atoms with Gasteiger partial charge in [0.05, 0.1) is 18.8 Å². The molecule has 1 fully saturated rings. The maximum Gasteiger partial charge on any atom is 0.695 e. The predicted octanol–water partition coefficient (Wildman–Crippen LogP) is -0.422. The first-order valence-electron chi connectivity index (χ1n) is 8.29. The van der Waals surface area contributed by atoms with E-state index in [1.807, 2.05) is 0 Å². The van der Waals surface area contributed by atoms with Gasteiger partial charge >= 0.3 is 13.9 Å². The van der Waals surface area contributed by atoms with Crippen LogP contribution >= 0.6 is 8.25 Å². The van der Waals surface area contributed by atoms with Gasteiger partial charge in [0.2, 0.25) is 0 Å². The van der Waals surface area contributed by atoms with E-state index in [-0.39, 0.29) is 11.7 Å². The van der Waals surface area contributed by atoms with Gasteiger partial charge in [0.15, 0.2) is 12.3 Å². The summed E-state index contributed by atoms with van der Waals surface area (Å²) in [6, 6.07) is 0. The molecule has 7 atom stereocenters. The standard InChI is InChI=1S/C15H23N2O9P/c1-7-5-17(15(20)16-13(7)19)14-12(24-9(3)8(2)23-4)11(26-27(21)22)10(6-18)25-14/h5,8-12,14,18H,6H2,1-4H3,(H-,16,19,20,21,22)/p+1/t8-,9-,10+,11-,12?,14+/m0/s1. The van der Waals surface area contributed by atoms with Crippen molar-refractivity contribution in [3.05, 3.63) is 32.6 Å². The minimum absolute atomic E-state index is 0.258. The minimum atomic E-state index is -3.02. The lowest BCUT2D eigenvalue weighted by Gasteiger charge is -2.28. The molecule has 0 aliphatic carbocycles. The molecule has 1 aromatic heterocycles. The number of hydrogen-bond acceptors (Lipinski definition) is 8. The highest BCUT2D eigenvalue weighted by Crippen LogP contribution is 2.37. The Morgan fingerprint density at radius 2 is 2.00 bits per heavy atom. The van der Waals surface area contributed by atoms with Crippen LogP contribution in [0.4, 0.5) is 0 Å². The average molecular weight is 407 g/mol. The quantitative estimate of drug-likeness (QED) is 0.488. The van der Waals surface area contributed by atoms with Gasteiger partial charge < -0.3 is 19.3 Å². The third-order valence-corrected chi connectivity index (χ3v) is 4.93. The smallest absolute Gasteiger partial charge is 0.394 e. The Bertz CT molecular complexity index is 779. The molecule has 2 unspecified atom stereocenters. The van der Waals surface area contributed by atoms with Crippen LogP contribution in [0.5, 0.6) is 0 Å². The van der Waals surface area contributed by atoms with E-state index < -0.39 is 56.8 Å². The molecule has 3 N–H and O–H groups in total. The second kappa shape index (κ2) is 9.16. The van der Waals surface area contributed by atoms with Crippen LogP contribution in [0.25, 0.3) is 0 Å².